The summed E-state index contributed by atoms with van der Waals surface area (Å²) in [6.07, 6.45) is 13.6. The molecule has 1 saturated heterocycles. The Labute approximate surface area is 217 Å². The minimum absolute atomic E-state index is 0.00501. The van der Waals surface area contributed by atoms with Crippen molar-refractivity contribution in [2.45, 2.75) is 89.8 Å². The van der Waals surface area contributed by atoms with Crippen molar-refractivity contribution in [2.24, 2.45) is 0 Å². The van der Waals surface area contributed by atoms with Crippen molar-refractivity contribution in [3.63, 3.8) is 0 Å². The lowest BCUT2D eigenvalue weighted by molar-refractivity contribution is 0.0185. The zero-order valence-electron chi connectivity index (χ0n) is 22.0. The number of nitrogens with zero attached hydrogens (tertiary/aromatic N) is 6. The summed E-state index contributed by atoms with van der Waals surface area (Å²) in [5, 5.41) is 8.68. The standard InChI is InChI=1S/C27H37N7O3/c1-27(2,3)37-26(36)32-14-12-21(13-15-32)33-18-20(17-29-33)30-25-28-16-19-10-11-23(35)34(24(19)31-25)22-8-6-4-5-7-9-22/h10-11,16-18,21-22H,4-9,12-15H2,1-3H3,(H,28,30,31). The van der Waals surface area contributed by atoms with Gasteiger partial charge < -0.3 is 15.0 Å². The van der Waals surface area contributed by atoms with Gasteiger partial charge in [-0.3, -0.25) is 14.0 Å². The number of nitrogens with one attached hydrogen (secondary N) is 1. The number of rotatable bonds is 4. The molecule has 3 aromatic heterocycles. The normalized spacial score (nSPS) is 18.1. The first-order valence-corrected chi connectivity index (χ1v) is 13.4. The largest absolute Gasteiger partial charge is 0.444 e. The topological polar surface area (TPSA) is 107 Å². The third-order valence-electron chi connectivity index (χ3n) is 7.20. The predicted molar refractivity (Wildman–Crippen MR) is 142 cm³/mol. The lowest BCUT2D eigenvalue weighted by Crippen LogP contribution is -2.42. The Hall–Kier alpha value is -3.43. The summed E-state index contributed by atoms with van der Waals surface area (Å²) < 4.78 is 9.31. The number of carbonyl (C=O) groups is 1. The van der Waals surface area contributed by atoms with Crippen molar-refractivity contribution in [1.82, 2.24) is 29.2 Å². The predicted octanol–water partition coefficient (Wildman–Crippen LogP) is 5.20. The molecule has 198 valence electrons. The second-order valence-electron chi connectivity index (χ2n) is 11.2. The number of hydrogen-bond acceptors (Lipinski definition) is 7. The first kappa shape index (κ1) is 25.2. The SMILES string of the molecule is CC(C)(C)OC(=O)N1CCC(n2cc(Nc3ncc4ccc(=O)n(C5CCCCCC5)c4n3)cn2)CC1. The smallest absolute Gasteiger partial charge is 0.410 e. The van der Waals surface area contributed by atoms with Gasteiger partial charge in [0.1, 0.15) is 11.2 Å². The van der Waals surface area contributed by atoms with Gasteiger partial charge in [0.25, 0.3) is 5.56 Å². The van der Waals surface area contributed by atoms with E-state index in [9.17, 15) is 9.59 Å². The van der Waals surface area contributed by atoms with Crippen molar-refractivity contribution in [3.8, 4) is 0 Å². The van der Waals surface area contributed by atoms with Gasteiger partial charge in [-0.1, -0.05) is 25.7 Å². The molecule has 2 fully saturated rings. The summed E-state index contributed by atoms with van der Waals surface area (Å²) in [6.45, 7) is 6.91. The van der Waals surface area contributed by atoms with Crippen molar-refractivity contribution >= 4 is 28.8 Å². The van der Waals surface area contributed by atoms with Crippen LogP contribution in [0.25, 0.3) is 11.0 Å². The number of amides is 1. The summed E-state index contributed by atoms with van der Waals surface area (Å²) in [7, 11) is 0. The Bertz CT molecular complexity index is 1290. The zero-order valence-corrected chi connectivity index (χ0v) is 22.0. The molecule has 1 saturated carbocycles. The van der Waals surface area contributed by atoms with Gasteiger partial charge in [-0.25, -0.2) is 9.78 Å². The van der Waals surface area contributed by atoms with Crippen LogP contribution in [0, 0.1) is 0 Å². The van der Waals surface area contributed by atoms with Crippen LogP contribution in [-0.4, -0.2) is 54.0 Å². The maximum absolute atomic E-state index is 12.9. The summed E-state index contributed by atoms with van der Waals surface area (Å²) in [4.78, 5) is 36.2. The molecule has 4 heterocycles. The molecule has 5 rings (SSSR count). The van der Waals surface area contributed by atoms with Crippen LogP contribution in [0.3, 0.4) is 0 Å². The summed E-state index contributed by atoms with van der Waals surface area (Å²) in [5.74, 6) is 0.444. The molecular weight excluding hydrogens is 470 g/mol. The van der Waals surface area contributed by atoms with Gasteiger partial charge in [-0.15, -0.1) is 0 Å². The summed E-state index contributed by atoms with van der Waals surface area (Å²) in [5.41, 5.74) is 0.965. The highest BCUT2D eigenvalue weighted by molar-refractivity contribution is 5.75. The number of pyridine rings is 1. The Morgan fingerprint density at radius 1 is 1.00 bits per heavy atom. The number of likely N-dealkylation sites (tertiary alicyclic amines) is 1. The van der Waals surface area contributed by atoms with Gasteiger partial charge >= 0.3 is 6.09 Å². The van der Waals surface area contributed by atoms with E-state index in [1.807, 2.05) is 36.2 Å². The first-order chi connectivity index (χ1) is 17.8. The molecule has 1 N–H and O–H groups in total. The number of aromatic nitrogens is 5. The summed E-state index contributed by atoms with van der Waals surface area (Å²) >= 11 is 0. The average Bonchev–Trinajstić information content (AvgIpc) is 3.16. The number of ether oxygens (including phenoxy) is 1. The molecule has 0 radical (unpaired) electrons. The van der Waals surface area contributed by atoms with Crippen molar-refractivity contribution in [2.75, 3.05) is 18.4 Å². The molecule has 37 heavy (non-hydrogen) atoms. The number of hydrogen-bond donors (Lipinski definition) is 1. The number of carbonyl (C=O) groups excluding carboxylic acids is 1. The molecule has 1 aliphatic carbocycles. The van der Waals surface area contributed by atoms with Gasteiger partial charge in [-0.05, 0) is 52.5 Å². The molecular formula is C27H37N7O3. The second-order valence-corrected chi connectivity index (χ2v) is 11.2. The molecule has 0 bridgehead atoms. The molecule has 2 aliphatic rings. The number of fused-ring (bicyclic) bond motifs is 1. The molecule has 10 heteroatoms. The fourth-order valence-corrected chi connectivity index (χ4v) is 5.34. The Balaban J connectivity index is 1.28. The lowest BCUT2D eigenvalue weighted by atomic mass is 10.1. The first-order valence-electron chi connectivity index (χ1n) is 13.4. The van der Waals surface area contributed by atoms with E-state index in [-0.39, 0.29) is 23.7 Å². The Kier molecular flexibility index (Phi) is 7.17. The fourth-order valence-electron chi connectivity index (χ4n) is 5.34. The molecule has 1 amide bonds. The second kappa shape index (κ2) is 10.5. The molecule has 0 unspecified atom stereocenters. The van der Waals surface area contributed by atoms with Gasteiger partial charge in [-0.2, -0.15) is 10.1 Å². The van der Waals surface area contributed by atoms with E-state index in [0.29, 0.717) is 24.7 Å². The maximum atomic E-state index is 12.9. The van der Waals surface area contributed by atoms with Crippen LogP contribution >= 0.6 is 0 Å². The molecule has 3 aromatic rings. The van der Waals surface area contributed by atoms with Crippen LogP contribution in [0.5, 0.6) is 0 Å². The van der Waals surface area contributed by atoms with Gasteiger partial charge in [0.05, 0.1) is 17.9 Å². The van der Waals surface area contributed by atoms with E-state index in [1.54, 1.807) is 29.4 Å². The van der Waals surface area contributed by atoms with Crippen molar-refractivity contribution < 1.29 is 9.53 Å². The maximum Gasteiger partial charge on any atom is 0.410 e. The summed E-state index contributed by atoms with van der Waals surface area (Å²) in [6, 6.07) is 3.81. The molecule has 0 atom stereocenters. The highest BCUT2D eigenvalue weighted by Crippen LogP contribution is 2.29. The zero-order chi connectivity index (χ0) is 26.0. The number of anilines is 2. The van der Waals surface area contributed by atoms with Crippen molar-refractivity contribution in [3.05, 3.63) is 41.1 Å². The Morgan fingerprint density at radius 2 is 1.73 bits per heavy atom. The van der Waals surface area contributed by atoms with E-state index in [1.165, 1.54) is 12.8 Å². The highest BCUT2D eigenvalue weighted by atomic mass is 16.6. The highest BCUT2D eigenvalue weighted by Gasteiger charge is 2.28. The molecule has 0 spiro atoms. The average molecular weight is 508 g/mol. The van der Waals surface area contributed by atoms with E-state index in [2.05, 4.69) is 15.4 Å². The third-order valence-corrected chi connectivity index (χ3v) is 7.20. The van der Waals surface area contributed by atoms with Crippen molar-refractivity contribution in [1.29, 1.82) is 0 Å². The number of piperidine rings is 1. The minimum atomic E-state index is -0.494. The molecule has 0 aromatic carbocycles. The van der Waals surface area contributed by atoms with Crippen LogP contribution < -0.4 is 10.9 Å². The Morgan fingerprint density at radius 3 is 2.43 bits per heavy atom. The molecule has 10 nitrogen and oxygen atoms in total. The van der Waals surface area contributed by atoms with E-state index >= 15 is 0 Å². The van der Waals surface area contributed by atoms with Crippen LogP contribution in [0.15, 0.2) is 35.5 Å². The van der Waals surface area contributed by atoms with Gasteiger partial charge in [0.2, 0.25) is 5.95 Å². The van der Waals surface area contributed by atoms with Gasteiger partial charge in [0.15, 0.2) is 0 Å². The van der Waals surface area contributed by atoms with Crippen LogP contribution in [0.2, 0.25) is 0 Å². The van der Waals surface area contributed by atoms with Crippen LogP contribution in [0.4, 0.5) is 16.4 Å². The van der Waals surface area contributed by atoms with Crippen LogP contribution in [-0.2, 0) is 4.74 Å². The third kappa shape index (κ3) is 5.94. The lowest BCUT2D eigenvalue weighted by Gasteiger charge is -2.33. The van der Waals surface area contributed by atoms with E-state index in [4.69, 9.17) is 9.72 Å². The van der Waals surface area contributed by atoms with E-state index < -0.39 is 5.60 Å². The monoisotopic (exact) mass is 507 g/mol. The molecule has 1 aliphatic heterocycles. The minimum Gasteiger partial charge on any atom is -0.444 e. The van der Waals surface area contributed by atoms with Gasteiger partial charge in [0, 0.05) is 43.0 Å². The quantitative estimate of drug-likeness (QED) is 0.484. The van der Waals surface area contributed by atoms with E-state index in [0.717, 1.165) is 49.6 Å². The fraction of sp³-hybridized carbons (Fsp3) is 0.593. The van der Waals surface area contributed by atoms with Crippen LogP contribution in [0.1, 0.15) is 84.2 Å².